The zero-order valence-corrected chi connectivity index (χ0v) is 34.1. The van der Waals surface area contributed by atoms with E-state index in [0.717, 1.165) is 0 Å². The largest absolute Gasteiger partial charge is 0.394 e. The zero-order valence-electron chi connectivity index (χ0n) is 32.3. The van der Waals surface area contributed by atoms with Crippen LogP contribution >= 0.6 is 18.8 Å². The molecule has 0 saturated heterocycles. The zero-order chi connectivity index (χ0) is 41.1. The molecule has 10 N–H and O–H groups in total. The van der Waals surface area contributed by atoms with Gasteiger partial charge in [-0.2, -0.15) is 0 Å². The van der Waals surface area contributed by atoms with Crippen LogP contribution < -0.4 is 38.4 Å². The summed E-state index contributed by atoms with van der Waals surface area (Å²) in [5.41, 5.74) is 0. The van der Waals surface area contributed by atoms with E-state index >= 15 is 0 Å². The Bertz CT molecular complexity index is 1190. The smallest absolute Gasteiger partial charge is 0.260 e. The molecule has 320 valence electrons. The van der Waals surface area contributed by atoms with Gasteiger partial charge in [-0.3, -0.25) is 28.5 Å². The lowest BCUT2D eigenvalue weighted by Crippen LogP contribution is -2.51. The summed E-state index contributed by atoms with van der Waals surface area (Å²) in [6, 6.07) is -2.20. The number of hydrogen-bond donors (Lipinski definition) is 9. The molecule has 1 aliphatic carbocycles. The third-order valence-electron chi connectivity index (χ3n) is 8.38. The van der Waals surface area contributed by atoms with E-state index in [0.29, 0.717) is 25.7 Å². The molecule has 0 aromatic carbocycles. The number of carbonyl (C=O) groups is 5. The van der Waals surface area contributed by atoms with Crippen LogP contribution in [0, 0.1) is 5.92 Å². The van der Waals surface area contributed by atoms with Crippen LogP contribution in [0.25, 0.3) is 0 Å². The van der Waals surface area contributed by atoms with Gasteiger partial charge < -0.3 is 60.1 Å². The van der Waals surface area contributed by atoms with Crippen LogP contribution in [-0.2, 0) is 56.9 Å². The molecule has 0 aliphatic heterocycles. The third kappa shape index (κ3) is 22.8. The predicted molar refractivity (Wildman–Crippen MR) is 204 cm³/mol. The molecule has 22 heteroatoms. The van der Waals surface area contributed by atoms with E-state index in [1.54, 1.807) is 20.8 Å². The number of carbonyl (C=O) groups excluding carboxylic acids is 5. The first-order chi connectivity index (χ1) is 26.1. The maximum absolute atomic E-state index is 13.4. The summed E-state index contributed by atoms with van der Waals surface area (Å²) in [6.07, 6.45) is 1.04. The van der Waals surface area contributed by atoms with Crippen LogP contribution in [0.5, 0.6) is 0 Å². The van der Waals surface area contributed by atoms with Gasteiger partial charge in [-0.25, -0.2) is 11.8 Å². The molecule has 3 unspecified atom stereocenters. The molecule has 1 saturated carbocycles. The number of nitrogens with two attached hydrogens (primary N) is 2. The Balaban J connectivity index is 2.90. The molecule has 1 aliphatic rings. The van der Waals surface area contributed by atoms with Crippen molar-refractivity contribution in [2.24, 2.45) is 17.7 Å². The monoisotopic (exact) mass is 829 g/mol. The van der Waals surface area contributed by atoms with Gasteiger partial charge in [0.25, 0.3) is 6.57 Å². The quantitative estimate of drug-likeness (QED) is 0.0185. The van der Waals surface area contributed by atoms with Crippen molar-refractivity contribution >= 4 is 48.4 Å². The van der Waals surface area contributed by atoms with E-state index in [1.807, 2.05) is 0 Å². The van der Waals surface area contributed by atoms with Gasteiger partial charge in [-0.1, -0.05) is 33.0 Å². The van der Waals surface area contributed by atoms with Gasteiger partial charge in [0.05, 0.1) is 65.6 Å². The van der Waals surface area contributed by atoms with E-state index in [4.69, 9.17) is 35.6 Å². The van der Waals surface area contributed by atoms with Crippen molar-refractivity contribution in [2.45, 2.75) is 95.5 Å². The molecule has 0 aromatic rings. The van der Waals surface area contributed by atoms with E-state index in [-0.39, 0.29) is 123 Å². The minimum atomic E-state index is -3.20. The van der Waals surface area contributed by atoms with Crippen molar-refractivity contribution in [3.05, 3.63) is 0 Å². The molecule has 5 amide bonds. The summed E-state index contributed by atoms with van der Waals surface area (Å²) in [5.74, 6) is 7.10. The first-order valence-corrected chi connectivity index (χ1v) is 21.3. The Kier molecular flexibility index (Phi) is 26.6. The molecule has 20 nitrogen and oxygen atoms in total. The van der Waals surface area contributed by atoms with E-state index in [9.17, 15) is 28.5 Å². The normalized spacial score (nSPS) is 18.0. The fourth-order valence-electron chi connectivity index (χ4n) is 5.11. The summed E-state index contributed by atoms with van der Waals surface area (Å²) in [7, 11) is 0. The van der Waals surface area contributed by atoms with Gasteiger partial charge in [-0.15, -0.1) is 0 Å². The number of amides is 5. The number of thiol groups is 1. The highest BCUT2D eigenvalue weighted by molar-refractivity contribution is 8.46. The fourth-order valence-corrected chi connectivity index (χ4v) is 6.44. The number of rotatable bonds is 30. The predicted octanol–water partition coefficient (Wildman–Crippen LogP) is -0.815. The molecule has 0 heterocycles. The van der Waals surface area contributed by atoms with E-state index < -0.39 is 47.4 Å². The summed E-state index contributed by atoms with van der Waals surface area (Å²) in [4.78, 5) is 74.2. The molecule has 0 radical (unpaired) electrons. The highest BCUT2D eigenvalue weighted by Gasteiger charge is 2.39. The number of ether oxygens (including phenoxy) is 3. The maximum Gasteiger partial charge on any atom is 0.260 e. The van der Waals surface area contributed by atoms with Crippen LogP contribution in [0.15, 0.2) is 0 Å². The van der Waals surface area contributed by atoms with Crippen molar-refractivity contribution in [2.75, 3.05) is 79.1 Å². The Hall–Kier alpha value is -2.43. The standard InChI is InChI=1S/C33H64N7O13PS/c1-33(2,3)54(47,55)53-25-6-4-24(5-7-25)30(44)40-27(32(46)38-14-18-50-21-23-52-35)9-11-29(43)39-26(31(45)37-13-17-49-20-22-51-34)8-10-28(42)36-12-16-48-19-15-41/h24-27,41H,4-23,34-35H2,1-3H3,(H,36,42)(H,37,45)(H,38,46)(H,39,43)(H,40,44)(H,47,55)/t24-,25-,26?,27?,54?. The Labute approximate surface area is 328 Å². The van der Waals surface area contributed by atoms with Gasteiger partial charge in [0.1, 0.15) is 12.1 Å². The van der Waals surface area contributed by atoms with Gasteiger partial charge >= 0.3 is 0 Å². The number of aliphatic hydroxyl groups is 1. The van der Waals surface area contributed by atoms with Crippen LogP contribution in [0.2, 0.25) is 0 Å². The number of nitrogens with one attached hydrogen (secondary N) is 5. The molecule has 1 rings (SSSR count). The van der Waals surface area contributed by atoms with Crippen molar-refractivity contribution in [1.29, 1.82) is 0 Å². The number of hydrogen-bond acceptors (Lipinski definition) is 15. The van der Waals surface area contributed by atoms with Crippen molar-refractivity contribution in [3.63, 3.8) is 0 Å². The van der Waals surface area contributed by atoms with E-state index in [2.05, 4.69) is 48.5 Å². The molecule has 0 bridgehead atoms. The van der Waals surface area contributed by atoms with Crippen molar-refractivity contribution in [3.8, 4) is 0 Å². The Morgan fingerprint density at radius 2 is 1.18 bits per heavy atom. The molecule has 55 heavy (non-hydrogen) atoms. The Morgan fingerprint density at radius 3 is 1.67 bits per heavy atom. The van der Waals surface area contributed by atoms with E-state index in [1.165, 1.54) is 0 Å². The van der Waals surface area contributed by atoms with Gasteiger partial charge in [-0.05, 0) is 38.5 Å². The van der Waals surface area contributed by atoms with Crippen LogP contribution in [0.4, 0.5) is 0 Å². The minimum Gasteiger partial charge on any atom is -0.394 e. The maximum atomic E-state index is 13.4. The summed E-state index contributed by atoms with van der Waals surface area (Å²) in [5, 5.41) is 21.6. The van der Waals surface area contributed by atoms with Crippen LogP contribution in [-0.4, -0.2) is 137 Å². The fraction of sp³-hybridized carbons (Fsp3) is 0.848. The first-order valence-electron chi connectivity index (χ1n) is 18.6. The molecule has 3 atom stereocenters. The third-order valence-corrected chi connectivity index (χ3v) is 12.7. The lowest BCUT2D eigenvalue weighted by atomic mass is 9.86. The second-order valence-electron chi connectivity index (χ2n) is 13.8. The summed E-state index contributed by atoms with van der Waals surface area (Å²) < 4.78 is 34.6. The highest BCUT2D eigenvalue weighted by Crippen LogP contribution is 2.64. The van der Waals surface area contributed by atoms with Crippen molar-refractivity contribution < 1.29 is 62.1 Å². The summed E-state index contributed by atoms with van der Waals surface area (Å²) in [6.45, 7) is 3.82. The van der Waals surface area contributed by atoms with Crippen molar-refractivity contribution in [1.82, 2.24) is 26.6 Å². The molecular formula is C33H64N7O13PS. The second kappa shape index (κ2) is 28.9. The lowest BCUT2D eigenvalue weighted by Gasteiger charge is -2.34. The Morgan fingerprint density at radius 1 is 0.709 bits per heavy atom. The highest BCUT2D eigenvalue weighted by atomic mass is 32.7. The topological polar surface area (TPSA) is 290 Å². The average molecular weight is 830 g/mol. The minimum absolute atomic E-state index is 0.0383. The lowest BCUT2D eigenvalue weighted by molar-refractivity contribution is -0.133. The molecule has 0 spiro atoms. The van der Waals surface area contributed by atoms with Gasteiger partial charge in [0.2, 0.25) is 29.5 Å². The molecule has 0 aromatic heterocycles. The molecular weight excluding hydrogens is 765 g/mol. The van der Waals surface area contributed by atoms with Gasteiger partial charge in [0.15, 0.2) is 0 Å². The van der Waals surface area contributed by atoms with Gasteiger partial charge in [0, 0.05) is 43.5 Å². The summed E-state index contributed by atoms with van der Waals surface area (Å²) >= 11 is 4.30. The SMILES string of the molecule is CC(C)(C)P(=O)(S)O[C@H]1CC[C@H](C(=O)NC(CCC(=O)NC(CCC(=O)NCCOCCO)C(=O)NCCOCCON)C(=O)NCCOCCON)CC1. The first kappa shape index (κ1) is 50.6. The average Bonchev–Trinajstić information content (AvgIpc) is 3.13. The van der Waals surface area contributed by atoms with Crippen LogP contribution in [0.3, 0.4) is 0 Å². The van der Waals surface area contributed by atoms with Crippen LogP contribution in [0.1, 0.15) is 72.1 Å². The second-order valence-corrected chi connectivity index (χ2v) is 17.9. The molecule has 1 fully saturated rings. The number of aliphatic hydroxyl groups excluding tert-OH is 1.